The van der Waals surface area contributed by atoms with Gasteiger partial charge in [0.25, 0.3) is 0 Å². The normalized spacial score (nSPS) is 14.5. The van der Waals surface area contributed by atoms with Gasteiger partial charge < -0.3 is 20.1 Å². The number of benzene rings is 2. The van der Waals surface area contributed by atoms with Crippen LogP contribution in [0.5, 0.6) is 5.75 Å². The van der Waals surface area contributed by atoms with E-state index < -0.39 is 0 Å². The zero-order valence-corrected chi connectivity index (χ0v) is 17.9. The molecule has 1 aromatic heterocycles. The maximum Gasteiger partial charge on any atom is 0.188 e. The summed E-state index contributed by atoms with van der Waals surface area (Å²) in [6.45, 7) is 11.6. The van der Waals surface area contributed by atoms with Crippen molar-refractivity contribution in [3.8, 4) is 5.75 Å². The van der Waals surface area contributed by atoms with Gasteiger partial charge in [0, 0.05) is 30.4 Å². The molecule has 2 heterocycles. The van der Waals surface area contributed by atoms with Gasteiger partial charge in [-0.2, -0.15) is 0 Å². The number of methoxy groups -OCH3 is 1. The lowest BCUT2D eigenvalue weighted by Gasteiger charge is -2.31. The van der Waals surface area contributed by atoms with Crippen LogP contribution in [0.1, 0.15) is 30.9 Å². The molecule has 0 atom stereocenters. The van der Waals surface area contributed by atoms with Crippen LogP contribution in [0, 0.1) is 6.57 Å². The molecule has 0 spiro atoms. The predicted octanol–water partition coefficient (Wildman–Crippen LogP) is 4.32. The SMILES string of the molecule is [C-]#[N+]c1ccc2c(N3CCC(O)CC3)nnc(NCc3ccc(OC)c(CC)c3)c2c1. The molecule has 0 bridgehead atoms. The number of anilines is 2. The number of aromatic nitrogens is 2. The molecule has 4 rings (SSSR count). The van der Waals surface area contributed by atoms with E-state index in [9.17, 15) is 5.11 Å². The highest BCUT2D eigenvalue weighted by atomic mass is 16.5. The zero-order valence-electron chi connectivity index (χ0n) is 17.9. The van der Waals surface area contributed by atoms with E-state index in [4.69, 9.17) is 11.3 Å². The molecule has 3 aromatic rings. The number of piperidine rings is 1. The third-order valence-electron chi connectivity index (χ3n) is 5.82. The summed E-state index contributed by atoms with van der Waals surface area (Å²) in [5.74, 6) is 2.37. The number of rotatable bonds is 6. The summed E-state index contributed by atoms with van der Waals surface area (Å²) < 4.78 is 5.42. The van der Waals surface area contributed by atoms with Gasteiger partial charge in [-0.15, -0.1) is 10.2 Å². The minimum Gasteiger partial charge on any atom is -0.496 e. The Bertz CT molecular complexity index is 1120. The quantitative estimate of drug-likeness (QED) is 0.582. The lowest BCUT2D eigenvalue weighted by molar-refractivity contribution is 0.145. The highest BCUT2D eigenvalue weighted by Gasteiger charge is 2.21. The number of nitrogens with one attached hydrogen (secondary N) is 1. The first-order valence-electron chi connectivity index (χ1n) is 10.6. The maximum absolute atomic E-state index is 9.83. The van der Waals surface area contributed by atoms with Gasteiger partial charge in [-0.05, 0) is 42.5 Å². The molecule has 0 amide bonds. The molecule has 0 radical (unpaired) electrons. The summed E-state index contributed by atoms with van der Waals surface area (Å²) in [7, 11) is 1.69. The number of hydrogen-bond donors (Lipinski definition) is 2. The fraction of sp³-hybridized carbons (Fsp3) is 0.375. The van der Waals surface area contributed by atoms with E-state index in [-0.39, 0.29) is 6.10 Å². The van der Waals surface area contributed by atoms with Crippen molar-refractivity contribution >= 4 is 28.1 Å². The number of aliphatic hydroxyl groups excluding tert-OH is 1. The summed E-state index contributed by atoms with van der Waals surface area (Å²) in [6, 6.07) is 11.8. The first-order chi connectivity index (χ1) is 15.1. The minimum atomic E-state index is -0.248. The van der Waals surface area contributed by atoms with E-state index in [0.717, 1.165) is 65.8 Å². The van der Waals surface area contributed by atoms with Gasteiger partial charge in [0.2, 0.25) is 0 Å². The van der Waals surface area contributed by atoms with E-state index >= 15 is 0 Å². The summed E-state index contributed by atoms with van der Waals surface area (Å²) in [4.78, 5) is 5.75. The maximum atomic E-state index is 9.83. The van der Waals surface area contributed by atoms with Gasteiger partial charge in [0.1, 0.15) is 5.75 Å². The van der Waals surface area contributed by atoms with Crippen LogP contribution in [0.2, 0.25) is 0 Å². The monoisotopic (exact) mass is 417 g/mol. The summed E-state index contributed by atoms with van der Waals surface area (Å²) >= 11 is 0. The molecule has 0 unspecified atom stereocenters. The molecule has 2 N–H and O–H groups in total. The Labute approximate surface area is 182 Å². The van der Waals surface area contributed by atoms with Crippen LogP contribution in [0.15, 0.2) is 36.4 Å². The Kier molecular flexibility index (Phi) is 6.19. The average molecular weight is 418 g/mol. The first-order valence-corrected chi connectivity index (χ1v) is 10.6. The molecule has 31 heavy (non-hydrogen) atoms. The van der Waals surface area contributed by atoms with Crippen LogP contribution in [-0.2, 0) is 13.0 Å². The number of aliphatic hydroxyl groups is 1. The molecule has 1 fully saturated rings. The zero-order chi connectivity index (χ0) is 21.8. The van der Waals surface area contributed by atoms with Crippen molar-refractivity contribution in [1.82, 2.24) is 10.2 Å². The van der Waals surface area contributed by atoms with Crippen molar-refractivity contribution in [2.24, 2.45) is 0 Å². The van der Waals surface area contributed by atoms with E-state index in [0.29, 0.717) is 18.1 Å². The van der Waals surface area contributed by atoms with Crippen LogP contribution in [0.4, 0.5) is 17.3 Å². The molecule has 1 aliphatic rings. The van der Waals surface area contributed by atoms with Gasteiger partial charge >= 0.3 is 0 Å². The number of nitrogens with zero attached hydrogens (tertiary/aromatic N) is 4. The Balaban J connectivity index is 1.65. The topological polar surface area (TPSA) is 74.9 Å². The van der Waals surface area contributed by atoms with Gasteiger partial charge in [-0.3, -0.25) is 0 Å². The smallest absolute Gasteiger partial charge is 0.188 e. The molecule has 160 valence electrons. The first kappa shape index (κ1) is 20.9. The van der Waals surface area contributed by atoms with Crippen LogP contribution in [-0.4, -0.2) is 41.6 Å². The van der Waals surface area contributed by atoms with Crippen molar-refractivity contribution in [3.63, 3.8) is 0 Å². The fourth-order valence-electron chi connectivity index (χ4n) is 4.04. The largest absolute Gasteiger partial charge is 0.496 e. The second-order valence-corrected chi connectivity index (χ2v) is 7.79. The van der Waals surface area contributed by atoms with E-state index in [1.807, 2.05) is 30.3 Å². The van der Waals surface area contributed by atoms with Crippen LogP contribution < -0.4 is 15.0 Å². The Morgan fingerprint density at radius 3 is 2.68 bits per heavy atom. The second kappa shape index (κ2) is 9.19. The van der Waals surface area contributed by atoms with E-state index in [2.05, 4.69) is 38.2 Å². The number of aryl methyl sites for hydroxylation is 1. The molecule has 7 heteroatoms. The number of hydrogen-bond acceptors (Lipinski definition) is 6. The van der Waals surface area contributed by atoms with Gasteiger partial charge in [0.15, 0.2) is 17.3 Å². The number of ether oxygens (including phenoxy) is 1. The van der Waals surface area contributed by atoms with Crippen LogP contribution in [0.25, 0.3) is 15.6 Å². The van der Waals surface area contributed by atoms with Gasteiger partial charge in [0.05, 0.1) is 19.8 Å². The standard InChI is InChI=1S/C24H27N5O2/c1-4-17-13-16(5-8-22(17)31-3)15-26-23-21-14-18(25-2)6-7-20(21)24(28-27-23)29-11-9-19(30)10-12-29/h5-8,13-14,19,30H,4,9-12,15H2,1,3H3,(H,26,27). The minimum absolute atomic E-state index is 0.248. The van der Waals surface area contributed by atoms with Crippen molar-refractivity contribution in [3.05, 3.63) is 58.9 Å². The molecular formula is C24H27N5O2. The third-order valence-corrected chi connectivity index (χ3v) is 5.82. The van der Waals surface area contributed by atoms with Gasteiger partial charge in [-0.25, -0.2) is 4.85 Å². The molecular weight excluding hydrogens is 390 g/mol. The van der Waals surface area contributed by atoms with Crippen molar-refractivity contribution in [2.75, 3.05) is 30.4 Å². The molecule has 7 nitrogen and oxygen atoms in total. The molecule has 1 aliphatic heterocycles. The lowest BCUT2D eigenvalue weighted by atomic mass is 10.1. The molecule has 2 aromatic carbocycles. The van der Waals surface area contributed by atoms with Gasteiger partial charge in [-0.1, -0.05) is 31.2 Å². The lowest BCUT2D eigenvalue weighted by Crippen LogP contribution is -2.36. The Morgan fingerprint density at radius 1 is 1.16 bits per heavy atom. The van der Waals surface area contributed by atoms with Crippen LogP contribution in [0.3, 0.4) is 0 Å². The number of fused-ring (bicyclic) bond motifs is 1. The van der Waals surface area contributed by atoms with E-state index in [1.54, 1.807) is 7.11 Å². The fourth-order valence-corrected chi connectivity index (χ4v) is 4.04. The highest BCUT2D eigenvalue weighted by molar-refractivity contribution is 6.00. The highest BCUT2D eigenvalue weighted by Crippen LogP contribution is 2.33. The molecule has 0 saturated carbocycles. The molecule has 1 saturated heterocycles. The van der Waals surface area contributed by atoms with Crippen molar-refractivity contribution in [2.45, 2.75) is 38.8 Å². The Morgan fingerprint density at radius 2 is 1.97 bits per heavy atom. The second-order valence-electron chi connectivity index (χ2n) is 7.79. The van der Waals surface area contributed by atoms with Crippen LogP contribution >= 0.6 is 0 Å². The summed E-state index contributed by atoms with van der Waals surface area (Å²) in [5.41, 5.74) is 2.86. The molecule has 0 aliphatic carbocycles. The average Bonchev–Trinajstić information content (AvgIpc) is 2.82. The van der Waals surface area contributed by atoms with E-state index in [1.165, 1.54) is 0 Å². The predicted molar refractivity (Wildman–Crippen MR) is 123 cm³/mol. The van der Waals surface area contributed by atoms with Crippen molar-refractivity contribution in [1.29, 1.82) is 0 Å². The Hall–Kier alpha value is -3.37. The van der Waals surface area contributed by atoms with Crippen molar-refractivity contribution < 1.29 is 9.84 Å². The summed E-state index contributed by atoms with van der Waals surface area (Å²) in [5, 5.41) is 24.1. The summed E-state index contributed by atoms with van der Waals surface area (Å²) in [6.07, 6.45) is 2.09. The third kappa shape index (κ3) is 4.39.